The summed E-state index contributed by atoms with van der Waals surface area (Å²) in [5.74, 6) is 2.63. The number of methoxy groups -OCH3 is 3. The minimum atomic E-state index is -0.269. The van der Waals surface area contributed by atoms with Gasteiger partial charge in [0.25, 0.3) is 5.56 Å². The molecule has 0 unspecified atom stereocenters. The van der Waals surface area contributed by atoms with Gasteiger partial charge in [-0.1, -0.05) is 24.6 Å². The van der Waals surface area contributed by atoms with Gasteiger partial charge in [0, 0.05) is 12.1 Å². The van der Waals surface area contributed by atoms with E-state index in [1.807, 2.05) is 23.7 Å². The molecule has 1 N–H and O–H groups in total. The fraction of sp³-hybridized carbons (Fsp3) is 0.500. The predicted molar refractivity (Wildman–Crippen MR) is 111 cm³/mol. The first-order valence-corrected chi connectivity index (χ1v) is 10.3. The fourth-order valence-electron chi connectivity index (χ4n) is 4.13. The van der Waals surface area contributed by atoms with Crippen LogP contribution >= 0.6 is 11.8 Å². The molecule has 1 fully saturated rings. The van der Waals surface area contributed by atoms with Crippen molar-refractivity contribution in [3.8, 4) is 17.2 Å². The highest BCUT2D eigenvalue weighted by molar-refractivity contribution is 8.14. The molecule has 1 saturated carbocycles. The zero-order valence-electron chi connectivity index (χ0n) is 16.6. The highest BCUT2D eigenvalue weighted by atomic mass is 32.2. The first-order chi connectivity index (χ1) is 13.6. The van der Waals surface area contributed by atoms with E-state index in [2.05, 4.69) is 5.10 Å². The quantitative estimate of drug-likeness (QED) is 0.809. The van der Waals surface area contributed by atoms with Crippen LogP contribution < -0.4 is 19.8 Å². The second-order valence-electron chi connectivity index (χ2n) is 7.06. The van der Waals surface area contributed by atoms with Crippen molar-refractivity contribution in [3.63, 3.8) is 0 Å². The van der Waals surface area contributed by atoms with Crippen molar-refractivity contribution in [1.29, 1.82) is 0 Å². The van der Waals surface area contributed by atoms with Crippen LogP contribution in [0.4, 0.5) is 5.82 Å². The molecule has 0 spiro atoms. The Bertz CT molecular complexity index is 947. The molecular formula is C20H25N3O4S. The van der Waals surface area contributed by atoms with Crippen LogP contribution in [0.15, 0.2) is 21.9 Å². The van der Waals surface area contributed by atoms with Gasteiger partial charge in [-0.3, -0.25) is 14.6 Å². The van der Waals surface area contributed by atoms with Gasteiger partial charge in [0.2, 0.25) is 0 Å². The van der Waals surface area contributed by atoms with E-state index in [0.29, 0.717) is 28.9 Å². The van der Waals surface area contributed by atoms with E-state index in [9.17, 15) is 4.79 Å². The van der Waals surface area contributed by atoms with Gasteiger partial charge in [0.15, 0.2) is 5.82 Å². The summed E-state index contributed by atoms with van der Waals surface area (Å²) in [7, 11) is 4.83. The summed E-state index contributed by atoms with van der Waals surface area (Å²) in [4.78, 5) is 17.7. The van der Waals surface area contributed by atoms with Crippen molar-refractivity contribution in [2.75, 3.05) is 21.3 Å². The largest absolute Gasteiger partial charge is 0.496 e. The number of fused-ring (bicyclic) bond motifs is 1. The highest BCUT2D eigenvalue weighted by Gasteiger charge is 2.36. The molecule has 28 heavy (non-hydrogen) atoms. The second-order valence-corrected chi connectivity index (χ2v) is 8.36. The van der Waals surface area contributed by atoms with E-state index in [4.69, 9.17) is 19.2 Å². The van der Waals surface area contributed by atoms with Crippen molar-refractivity contribution in [1.82, 2.24) is 9.78 Å². The Kier molecular flexibility index (Phi) is 5.14. The number of H-pyrrole nitrogens is 1. The lowest BCUT2D eigenvalue weighted by Gasteiger charge is -2.25. The van der Waals surface area contributed by atoms with Crippen LogP contribution in [0.25, 0.3) is 0 Å². The Morgan fingerprint density at radius 1 is 1.07 bits per heavy atom. The monoisotopic (exact) mass is 403 g/mol. The normalized spacial score (nSPS) is 19.3. The number of aliphatic imine (C=N–C) groups is 1. The van der Waals surface area contributed by atoms with Crippen LogP contribution in [0.2, 0.25) is 0 Å². The summed E-state index contributed by atoms with van der Waals surface area (Å²) in [6.45, 7) is 1.97. The van der Waals surface area contributed by atoms with Crippen LogP contribution in [0.1, 0.15) is 55.0 Å². The smallest absolute Gasteiger partial charge is 0.271 e. The average molecular weight is 404 g/mol. The Labute approximate surface area is 168 Å². The Morgan fingerprint density at radius 2 is 1.71 bits per heavy atom. The maximum Gasteiger partial charge on any atom is 0.271 e. The van der Waals surface area contributed by atoms with Gasteiger partial charge < -0.3 is 14.2 Å². The number of ether oxygens (including phenoxy) is 3. The highest BCUT2D eigenvalue weighted by Crippen LogP contribution is 2.51. The number of thioether (sulfide) groups is 1. The van der Waals surface area contributed by atoms with Gasteiger partial charge in [-0.05, 0) is 19.8 Å². The van der Waals surface area contributed by atoms with Crippen molar-refractivity contribution in [2.45, 2.75) is 43.9 Å². The van der Waals surface area contributed by atoms with Crippen molar-refractivity contribution in [3.05, 3.63) is 33.6 Å². The molecule has 1 aliphatic heterocycles. The first-order valence-electron chi connectivity index (χ1n) is 9.43. The summed E-state index contributed by atoms with van der Waals surface area (Å²) in [5.41, 5.74) is 1.38. The maximum absolute atomic E-state index is 13.0. The lowest BCUT2D eigenvalue weighted by atomic mass is 10.0. The number of aromatic amines is 1. The van der Waals surface area contributed by atoms with Crippen LogP contribution in [-0.4, -0.2) is 36.2 Å². The second kappa shape index (κ2) is 7.58. The summed E-state index contributed by atoms with van der Waals surface area (Å²) in [6, 6.07) is 3.94. The Balaban J connectivity index is 1.90. The molecule has 1 aromatic heterocycles. The predicted octanol–water partition coefficient (Wildman–Crippen LogP) is 4.20. The van der Waals surface area contributed by atoms with Crippen LogP contribution in [0.3, 0.4) is 0 Å². The molecule has 1 atom stereocenters. The molecule has 150 valence electrons. The van der Waals surface area contributed by atoms with Crippen molar-refractivity contribution < 1.29 is 14.2 Å². The molecule has 1 aliphatic carbocycles. The molecule has 0 bridgehead atoms. The van der Waals surface area contributed by atoms with Gasteiger partial charge >= 0.3 is 0 Å². The molecular weight excluding hydrogens is 378 g/mol. The van der Waals surface area contributed by atoms with Gasteiger partial charge in [-0.2, -0.15) is 0 Å². The summed E-state index contributed by atoms with van der Waals surface area (Å²) < 4.78 is 18.6. The molecule has 2 aliphatic rings. The van der Waals surface area contributed by atoms with E-state index < -0.39 is 0 Å². The summed E-state index contributed by atoms with van der Waals surface area (Å²) >= 11 is 1.54. The number of nitrogens with zero attached hydrogens (tertiary/aromatic N) is 2. The zero-order chi connectivity index (χ0) is 19.8. The van der Waals surface area contributed by atoms with Crippen LogP contribution in [0, 0.1) is 0 Å². The van der Waals surface area contributed by atoms with Crippen LogP contribution in [0.5, 0.6) is 17.2 Å². The zero-order valence-corrected chi connectivity index (χ0v) is 17.4. The molecule has 4 rings (SSSR count). The summed E-state index contributed by atoms with van der Waals surface area (Å²) in [5, 5.41) is 3.69. The molecule has 1 aromatic carbocycles. The van der Waals surface area contributed by atoms with E-state index in [-0.39, 0.29) is 10.8 Å². The number of hydrogen-bond donors (Lipinski definition) is 1. The Hall–Kier alpha value is -2.35. The molecule has 0 radical (unpaired) electrons. The standard InChI is InChI=1S/C20H25N3O4S/c1-11-21-19-17(20(24)22-23(19)12-7-5-6-8-12)18(28-11)16-14(26-3)9-13(25-2)10-15(16)27-4/h9-10,12,18H,5-8H2,1-4H3,(H,22,24)/t18-/m0/s1. The SMILES string of the molecule is COc1cc(OC)c([C@@H]2SC(C)=Nc3c2c(=O)[nH]n3C2CCCC2)c(OC)c1. The number of nitrogens with one attached hydrogen (secondary N) is 1. The molecule has 0 saturated heterocycles. The topological polar surface area (TPSA) is 77.8 Å². The minimum Gasteiger partial charge on any atom is -0.496 e. The number of rotatable bonds is 5. The van der Waals surface area contributed by atoms with Gasteiger partial charge in [0.1, 0.15) is 17.2 Å². The third kappa shape index (κ3) is 3.09. The van der Waals surface area contributed by atoms with Crippen molar-refractivity contribution >= 4 is 22.6 Å². The van der Waals surface area contributed by atoms with E-state index in [1.54, 1.807) is 33.1 Å². The van der Waals surface area contributed by atoms with E-state index >= 15 is 0 Å². The molecule has 2 heterocycles. The maximum atomic E-state index is 13.0. The molecule has 2 aromatic rings. The summed E-state index contributed by atoms with van der Waals surface area (Å²) in [6.07, 6.45) is 4.50. The number of benzene rings is 1. The molecule has 7 nitrogen and oxygen atoms in total. The minimum absolute atomic E-state index is 0.101. The van der Waals surface area contributed by atoms with E-state index in [1.165, 1.54) is 12.8 Å². The fourth-order valence-corrected chi connectivity index (χ4v) is 5.29. The third-order valence-corrected chi connectivity index (χ3v) is 6.59. The Morgan fingerprint density at radius 3 is 2.29 bits per heavy atom. The lowest BCUT2D eigenvalue weighted by Crippen LogP contribution is -2.15. The van der Waals surface area contributed by atoms with Gasteiger partial charge in [-0.25, -0.2) is 4.99 Å². The van der Waals surface area contributed by atoms with Gasteiger partial charge in [-0.15, -0.1) is 0 Å². The number of hydrogen-bond acceptors (Lipinski definition) is 6. The van der Waals surface area contributed by atoms with Crippen molar-refractivity contribution in [2.24, 2.45) is 4.99 Å². The van der Waals surface area contributed by atoms with Gasteiger partial charge in [0.05, 0.1) is 48.8 Å². The molecule has 8 heteroatoms. The first kappa shape index (κ1) is 19.0. The van der Waals surface area contributed by atoms with E-state index in [0.717, 1.165) is 29.3 Å². The average Bonchev–Trinajstić information content (AvgIpc) is 3.34. The van der Waals surface area contributed by atoms with Crippen LogP contribution in [-0.2, 0) is 0 Å². The third-order valence-electron chi connectivity index (χ3n) is 5.45. The lowest BCUT2D eigenvalue weighted by molar-refractivity contribution is 0.369. The number of aromatic nitrogens is 2. The molecule has 0 amide bonds.